The fraction of sp³-hybridized carbons (Fsp3) is 0.818. The predicted octanol–water partition coefficient (Wildman–Crippen LogP) is 2.63. The van der Waals surface area contributed by atoms with E-state index < -0.39 is 0 Å². The van der Waals surface area contributed by atoms with Crippen molar-refractivity contribution in [3.05, 3.63) is 0 Å². The fourth-order valence-electron chi connectivity index (χ4n) is 1.20. The molecule has 1 aliphatic rings. The summed E-state index contributed by atoms with van der Waals surface area (Å²) in [5.74, 6) is 2.74. The van der Waals surface area contributed by atoms with E-state index in [0.717, 1.165) is 12.8 Å². The van der Waals surface area contributed by atoms with Crippen molar-refractivity contribution >= 4 is 11.8 Å². The molecule has 1 saturated heterocycles. The third kappa shape index (κ3) is 4.36. The Labute approximate surface area is 90.7 Å². The van der Waals surface area contributed by atoms with E-state index >= 15 is 0 Å². The molecule has 14 heavy (non-hydrogen) atoms. The van der Waals surface area contributed by atoms with E-state index in [9.17, 15) is 0 Å². The Morgan fingerprint density at radius 2 is 2.00 bits per heavy atom. The van der Waals surface area contributed by atoms with Crippen molar-refractivity contribution in [2.45, 2.75) is 44.6 Å². The molecule has 1 heterocycles. The molecule has 0 radical (unpaired) electrons. The summed E-state index contributed by atoms with van der Waals surface area (Å²) in [7, 11) is 0. The van der Waals surface area contributed by atoms with E-state index in [0.29, 0.717) is 18.5 Å². The van der Waals surface area contributed by atoms with Gasteiger partial charge < -0.3 is 9.47 Å². The monoisotopic (exact) mass is 214 g/mol. The molecule has 0 atom stereocenters. The minimum absolute atomic E-state index is 0.378. The summed E-state index contributed by atoms with van der Waals surface area (Å²) in [6.45, 7) is 7.69. The zero-order chi connectivity index (χ0) is 10.4. The Hall–Kier alpha value is -0.170. The van der Waals surface area contributed by atoms with E-state index in [4.69, 9.17) is 9.47 Å². The van der Waals surface area contributed by atoms with Crippen molar-refractivity contribution in [3.8, 4) is 11.2 Å². The van der Waals surface area contributed by atoms with Crippen molar-refractivity contribution in [2.24, 2.45) is 0 Å². The molecule has 1 aliphatic heterocycles. The lowest BCUT2D eigenvalue weighted by Gasteiger charge is -2.20. The maximum atomic E-state index is 5.47. The van der Waals surface area contributed by atoms with Crippen molar-refractivity contribution < 1.29 is 9.47 Å². The van der Waals surface area contributed by atoms with Gasteiger partial charge in [-0.15, -0.1) is 0 Å². The second-order valence-electron chi connectivity index (χ2n) is 3.78. The molecule has 2 nitrogen and oxygen atoms in total. The molecule has 1 rings (SSSR count). The van der Waals surface area contributed by atoms with Gasteiger partial charge in [-0.1, -0.05) is 31.5 Å². The van der Waals surface area contributed by atoms with Crippen LogP contribution in [0, 0.1) is 11.2 Å². The lowest BCUT2D eigenvalue weighted by Crippen LogP contribution is -2.24. The fourth-order valence-corrected chi connectivity index (χ4v) is 1.62. The van der Waals surface area contributed by atoms with Crippen molar-refractivity contribution in [3.63, 3.8) is 0 Å². The first kappa shape index (κ1) is 11.9. The molecule has 80 valence electrons. The van der Waals surface area contributed by atoms with E-state index in [1.807, 2.05) is 6.92 Å². The van der Waals surface area contributed by atoms with Crippen LogP contribution in [0.15, 0.2) is 0 Å². The summed E-state index contributed by atoms with van der Waals surface area (Å²) in [4.78, 5) is 0. The van der Waals surface area contributed by atoms with E-state index in [-0.39, 0.29) is 5.79 Å². The molecule has 0 unspecified atom stereocenters. The van der Waals surface area contributed by atoms with Crippen LogP contribution >= 0.6 is 11.8 Å². The average Bonchev–Trinajstić information content (AvgIpc) is 2.51. The van der Waals surface area contributed by atoms with Crippen LogP contribution in [0.25, 0.3) is 0 Å². The summed E-state index contributed by atoms with van der Waals surface area (Å²) >= 11 is 1.67. The highest BCUT2D eigenvalue weighted by molar-refractivity contribution is 8.04. The number of thioether (sulfide) groups is 1. The van der Waals surface area contributed by atoms with Gasteiger partial charge in [0.25, 0.3) is 0 Å². The summed E-state index contributed by atoms with van der Waals surface area (Å²) < 4.78 is 10.9. The highest BCUT2D eigenvalue weighted by Gasteiger charge is 2.29. The lowest BCUT2D eigenvalue weighted by atomic mass is 10.2. The SMILES string of the molecule is CC(C)SC#CCCC1(C)OCCO1. The smallest absolute Gasteiger partial charge is 0.166 e. The Kier molecular flexibility index (Phi) is 4.80. The maximum Gasteiger partial charge on any atom is 0.166 e. The first-order chi connectivity index (χ1) is 6.62. The molecule has 0 aliphatic carbocycles. The lowest BCUT2D eigenvalue weighted by molar-refractivity contribution is -0.145. The molecule has 0 amide bonds. The maximum absolute atomic E-state index is 5.47. The van der Waals surface area contributed by atoms with Crippen LogP contribution in [0.3, 0.4) is 0 Å². The van der Waals surface area contributed by atoms with Gasteiger partial charge in [0.2, 0.25) is 0 Å². The minimum Gasteiger partial charge on any atom is -0.348 e. The molecule has 0 spiro atoms. The Bertz CT molecular complexity index is 221. The van der Waals surface area contributed by atoms with Gasteiger partial charge in [-0.3, -0.25) is 0 Å². The standard InChI is InChI=1S/C11H18O2S/c1-10(2)14-9-5-4-6-11(3)12-7-8-13-11/h10H,4,6-8H2,1-3H3. The van der Waals surface area contributed by atoms with E-state index in [1.165, 1.54) is 0 Å². The molecule has 0 aromatic carbocycles. The van der Waals surface area contributed by atoms with Crippen molar-refractivity contribution in [1.82, 2.24) is 0 Å². The van der Waals surface area contributed by atoms with Gasteiger partial charge in [-0.05, 0) is 12.2 Å². The number of rotatable bonds is 3. The van der Waals surface area contributed by atoms with E-state index in [1.54, 1.807) is 11.8 Å². The summed E-state index contributed by atoms with van der Waals surface area (Å²) in [6.07, 6.45) is 1.70. The quantitative estimate of drug-likeness (QED) is 0.673. The summed E-state index contributed by atoms with van der Waals surface area (Å²) in [5, 5.41) is 3.66. The third-order valence-corrected chi connectivity index (χ3v) is 2.70. The number of hydrogen-bond acceptors (Lipinski definition) is 3. The molecular formula is C11H18O2S. The van der Waals surface area contributed by atoms with Crippen molar-refractivity contribution in [1.29, 1.82) is 0 Å². The predicted molar refractivity (Wildman–Crippen MR) is 60.0 cm³/mol. The molecule has 1 fully saturated rings. The molecule has 0 N–H and O–H groups in total. The first-order valence-electron chi connectivity index (χ1n) is 5.04. The topological polar surface area (TPSA) is 18.5 Å². The van der Waals surface area contributed by atoms with Crippen LogP contribution in [0.5, 0.6) is 0 Å². The van der Waals surface area contributed by atoms with E-state index in [2.05, 4.69) is 25.0 Å². The molecular weight excluding hydrogens is 196 g/mol. The molecule has 0 aromatic heterocycles. The van der Waals surface area contributed by atoms with Crippen LogP contribution < -0.4 is 0 Å². The van der Waals surface area contributed by atoms with Crippen LogP contribution in [-0.4, -0.2) is 24.3 Å². The zero-order valence-corrected chi connectivity index (χ0v) is 9.95. The average molecular weight is 214 g/mol. The minimum atomic E-state index is -0.378. The second-order valence-corrected chi connectivity index (χ2v) is 5.16. The van der Waals surface area contributed by atoms with Gasteiger partial charge >= 0.3 is 0 Å². The van der Waals surface area contributed by atoms with Gasteiger partial charge in [-0.25, -0.2) is 0 Å². The number of hydrogen-bond donors (Lipinski definition) is 0. The van der Waals surface area contributed by atoms with Crippen LogP contribution in [0.4, 0.5) is 0 Å². The summed E-state index contributed by atoms with van der Waals surface area (Å²) in [6, 6.07) is 0. The van der Waals surface area contributed by atoms with Crippen molar-refractivity contribution in [2.75, 3.05) is 13.2 Å². The third-order valence-electron chi connectivity index (χ3n) is 1.97. The Morgan fingerprint density at radius 1 is 1.36 bits per heavy atom. The molecule has 0 aromatic rings. The van der Waals surface area contributed by atoms with Crippen LogP contribution in [0.1, 0.15) is 33.6 Å². The highest BCUT2D eigenvalue weighted by atomic mass is 32.2. The Balaban J connectivity index is 2.16. The summed E-state index contributed by atoms with van der Waals surface area (Å²) in [5.41, 5.74) is 0. The Morgan fingerprint density at radius 3 is 2.57 bits per heavy atom. The van der Waals surface area contributed by atoms with Gasteiger partial charge in [0.05, 0.1) is 13.2 Å². The van der Waals surface area contributed by atoms with Gasteiger partial charge in [-0.2, -0.15) is 0 Å². The van der Waals surface area contributed by atoms with Crippen LogP contribution in [0.2, 0.25) is 0 Å². The van der Waals surface area contributed by atoms with Gasteiger partial charge in [0.1, 0.15) is 0 Å². The first-order valence-corrected chi connectivity index (χ1v) is 5.92. The van der Waals surface area contributed by atoms with Crippen LogP contribution in [-0.2, 0) is 9.47 Å². The molecule has 0 saturated carbocycles. The second kappa shape index (κ2) is 5.65. The number of ether oxygens (including phenoxy) is 2. The normalized spacial score (nSPS) is 19.4. The largest absolute Gasteiger partial charge is 0.348 e. The highest BCUT2D eigenvalue weighted by Crippen LogP contribution is 2.23. The zero-order valence-electron chi connectivity index (χ0n) is 9.13. The molecule has 3 heteroatoms. The van der Waals surface area contributed by atoms with Gasteiger partial charge in [0.15, 0.2) is 5.79 Å². The van der Waals surface area contributed by atoms with Gasteiger partial charge in [0, 0.05) is 18.1 Å². The molecule has 0 bridgehead atoms.